The Hall–Kier alpha value is -2.98. The molecule has 1 aromatic carbocycles. The third-order valence-electron chi connectivity index (χ3n) is 6.97. The molecule has 6 nitrogen and oxygen atoms in total. The Morgan fingerprint density at radius 1 is 1.06 bits per heavy atom. The molecule has 1 aliphatic heterocycles. The number of hydrogen-bond acceptors (Lipinski definition) is 5. The summed E-state index contributed by atoms with van der Waals surface area (Å²) >= 11 is 0. The van der Waals surface area contributed by atoms with E-state index in [1.807, 2.05) is 25.2 Å². The number of rotatable bonds is 5. The predicted octanol–water partition coefficient (Wildman–Crippen LogP) is 3.39. The average Bonchev–Trinajstić information content (AvgIpc) is 3.23. The number of nitrogens with zero attached hydrogens (tertiary/aromatic N) is 4. The summed E-state index contributed by atoms with van der Waals surface area (Å²) in [5.41, 5.74) is 0.370. The SMILES string of the molecule is CC(C)c1ccc(C(O)(c2cncc(C#CC(C)(O)c3nccn3C)c2)C2(C)CN(C)C2)cc1. The number of aliphatic hydroxyl groups is 2. The number of imidazole rings is 1. The van der Waals surface area contributed by atoms with E-state index in [0.29, 0.717) is 22.9 Å². The fourth-order valence-corrected chi connectivity index (χ4v) is 5.14. The van der Waals surface area contributed by atoms with Gasteiger partial charge < -0.3 is 19.7 Å². The van der Waals surface area contributed by atoms with Crippen LogP contribution in [0, 0.1) is 17.3 Å². The van der Waals surface area contributed by atoms with Crippen LogP contribution in [0.4, 0.5) is 0 Å². The van der Waals surface area contributed by atoms with E-state index in [1.54, 1.807) is 36.3 Å². The highest BCUT2D eigenvalue weighted by Gasteiger charge is 2.55. The fraction of sp³-hybridized carbons (Fsp3) is 0.429. The van der Waals surface area contributed by atoms with Crippen molar-refractivity contribution in [2.24, 2.45) is 12.5 Å². The van der Waals surface area contributed by atoms with Crippen molar-refractivity contribution in [3.63, 3.8) is 0 Å². The van der Waals surface area contributed by atoms with Gasteiger partial charge in [-0.3, -0.25) is 4.98 Å². The molecule has 2 N–H and O–H groups in total. The molecule has 0 amide bonds. The van der Waals surface area contributed by atoms with Crippen LogP contribution in [0.2, 0.25) is 0 Å². The molecule has 178 valence electrons. The van der Waals surface area contributed by atoms with Gasteiger partial charge in [0.15, 0.2) is 11.4 Å². The minimum Gasteiger partial charge on any atom is -0.380 e. The van der Waals surface area contributed by atoms with Crippen LogP contribution in [-0.2, 0) is 18.2 Å². The minimum atomic E-state index is -1.42. The largest absolute Gasteiger partial charge is 0.380 e. The van der Waals surface area contributed by atoms with Crippen molar-refractivity contribution in [2.45, 2.75) is 44.8 Å². The average molecular weight is 459 g/mol. The number of aryl methyl sites for hydroxylation is 1. The van der Waals surface area contributed by atoms with Crippen molar-refractivity contribution in [1.29, 1.82) is 0 Å². The second-order valence-corrected chi connectivity index (χ2v) is 10.4. The molecular weight excluding hydrogens is 424 g/mol. The number of benzene rings is 1. The Bertz CT molecular complexity index is 1230. The van der Waals surface area contributed by atoms with Crippen molar-refractivity contribution >= 4 is 0 Å². The van der Waals surface area contributed by atoms with Gasteiger partial charge in [-0.15, -0.1) is 0 Å². The van der Waals surface area contributed by atoms with Gasteiger partial charge in [-0.25, -0.2) is 4.98 Å². The lowest BCUT2D eigenvalue weighted by Gasteiger charge is -2.55. The van der Waals surface area contributed by atoms with Crippen molar-refractivity contribution in [2.75, 3.05) is 20.1 Å². The summed E-state index contributed by atoms with van der Waals surface area (Å²) in [7, 11) is 3.88. The quantitative estimate of drug-likeness (QED) is 0.574. The number of aromatic nitrogens is 3. The zero-order valence-corrected chi connectivity index (χ0v) is 20.9. The molecule has 3 aromatic rings. The molecule has 3 heterocycles. The van der Waals surface area contributed by atoms with Gasteiger partial charge in [0.1, 0.15) is 5.60 Å². The Morgan fingerprint density at radius 2 is 1.74 bits per heavy atom. The molecule has 2 aromatic heterocycles. The summed E-state index contributed by atoms with van der Waals surface area (Å²) in [6.45, 7) is 9.59. The van der Waals surface area contributed by atoms with E-state index < -0.39 is 11.2 Å². The summed E-state index contributed by atoms with van der Waals surface area (Å²) < 4.78 is 1.75. The van der Waals surface area contributed by atoms with Crippen LogP contribution >= 0.6 is 0 Å². The van der Waals surface area contributed by atoms with Gasteiger partial charge >= 0.3 is 0 Å². The van der Waals surface area contributed by atoms with E-state index in [9.17, 15) is 10.2 Å². The first-order valence-electron chi connectivity index (χ1n) is 11.7. The molecule has 1 fully saturated rings. The number of likely N-dealkylation sites (tertiary alicyclic amines) is 1. The summed E-state index contributed by atoms with van der Waals surface area (Å²) in [4.78, 5) is 10.8. The topological polar surface area (TPSA) is 74.4 Å². The Labute approximate surface area is 202 Å². The maximum absolute atomic E-state index is 12.3. The van der Waals surface area contributed by atoms with Gasteiger partial charge in [0.2, 0.25) is 0 Å². The van der Waals surface area contributed by atoms with E-state index in [2.05, 4.69) is 66.7 Å². The van der Waals surface area contributed by atoms with Crippen LogP contribution in [0.3, 0.4) is 0 Å². The maximum atomic E-state index is 12.3. The lowest BCUT2D eigenvalue weighted by atomic mass is 9.62. The molecule has 34 heavy (non-hydrogen) atoms. The molecule has 1 saturated heterocycles. The molecule has 1 aliphatic rings. The Kier molecular flexibility index (Phi) is 6.15. The third-order valence-corrected chi connectivity index (χ3v) is 6.97. The van der Waals surface area contributed by atoms with Crippen LogP contribution in [0.5, 0.6) is 0 Å². The van der Waals surface area contributed by atoms with Gasteiger partial charge in [0.05, 0.1) is 0 Å². The number of hydrogen-bond donors (Lipinski definition) is 2. The smallest absolute Gasteiger partial charge is 0.181 e. The van der Waals surface area contributed by atoms with Gasteiger partial charge in [0.25, 0.3) is 0 Å². The van der Waals surface area contributed by atoms with Crippen LogP contribution in [-0.4, -0.2) is 49.8 Å². The van der Waals surface area contributed by atoms with Crippen molar-refractivity contribution in [1.82, 2.24) is 19.4 Å². The highest BCUT2D eigenvalue weighted by Crippen LogP contribution is 2.50. The molecule has 6 heteroatoms. The third kappa shape index (κ3) is 4.16. The molecule has 0 spiro atoms. The van der Waals surface area contributed by atoms with Crippen molar-refractivity contribution in [3.05, 3.63) is 83.2 Å². The van der Waals surface area contributed by atoms with Gasteiger partial charge in [-0.1, -0.05) is 56.9 Å². The van der Waals surface area contributed by atoms with Crippen LogP contribution in [0.25, 0.3) is 0 Å². The Balaban J connectivity index is 1.76. The molecule has 2 atom stereocenters. The molecular formula is C28H34N4O2. The first-order chi connectivity index (χ1) is 16.0. The first kappa shape index (κ1) is 24.2. The van der Waals surface area contributed by atoms with Crippen LogP contribution in [0.1, 0.15) is 61.7 Å². The van der Waals surface area contributed by atoms with Gasteiger partial charge in [-0.05, 0) is 37.1 Å². The summed E-state index contributed by atoms with van der Waals surface area (Å²) in [6, 6.07) is 10.1. The second kappa shape index (κ2) is 8.66. The monoisotopic (exact) mass is 458 g/mol. The molecule has 0 bridgehead atoms. The van der Waals surface area contributed by atoms with E-state index in [4.69, 9.17) is 0 Å². The van der Waals surface area contributed by atoms with Crippen LogP contribution in [0.15, 0.2) is 55.1 Å². The molecule has 2 unspecified atom stereocenters. The highest BCUT2D eigenvalue weighted by atomic mass is 16.3. The van der Waals surface area contributed by atoms with Crippen LogP contribution < -0.4 is 0 Å². The fourth-order valence-electron chi connectivity index (χ4n) is 5.14. The van der Waals surface area contributed by atoms with E-state index in [0.717, 1.165) is 18.7 Å². The maximum Gasteiger partial charge on any atom is 0.181 e. The van der Waals surface area contributed by atoms with E-state index in [-0.39, 0.29) is 5.41 Å². The zero-order chi connectivity index (χ0) is 24.7. The molecule has 0 radical (unpaired) electrons. The van der Waals surface area contributed by atoms with E-state index >= 15 is 0 Å². The predicted molar refractivity (Wildman–Crippen MR) is 133 cm³/mol. The normalized spacial score (nSPS) is 19.0. The van der Waals surface area contributed by atoms with Crippen molar-refractivity contribution in [3.8, 4) is 11.8 Å². The van der Waals surface area contributed by atoms with Gasteiger partial charge in [0, 0.05) is 61.5 Å². The summed E-state index contributed by atoms with van der Waals surface area (Å²) in [5.74, 6) is 6.85. The molecule has 4 rings (SSSR count). The second-order valence-electron chi connectivity index (χ2n) is 10.4. The summed E-state index contributed by atoms with van der Waals surface area (Å²) in [5, 5.41) is 23.2. The first-order valence-corrected chi connectivity index (χ1v) is 11.7. The summed E-state index contributed by atoms with van der Waals surface area (Å²) in [6.07, 6.45) is 6.79. The molecule has 0 saturated carbocycles. The lowest BCUT2D eigenvalue weighted by Crippen LogP contribution is -2.63. The van der Waals surface area contributed by atoms with Crippen molar-refractivity contribution < 1.29 is 10.2 Å². The lowest BCUT2D eigenvalue weighted by molar-refractivity contribution is -0.127. The number of pyridine rings is 1. The van der Waals surface area contributed by atoms with Gasteiger partial charge in [-0.2, -0.15) is 0 Å². The molecule has 0 aliphatic carbocycles. The highest BCUT2D eigenvalue weighted by molar-refractivity contribution is 5.45. The van der Waals surface area contributed by atoms with E-state index in [1.165, 1.54) is 5.56 Å². The Morgan fingerprint density at radius 3 is 2.29 bits per heavy atom. The standard InChI is InChI=1S/C28H34N4O2/c1-20(2)22-7-9-23(10-8-22)28(34,26(3)18-31(5)19-26)24-15-21(16-29-17-24)11-12-27(4,33)25-30-13-14-32(25)6/h7-10,13-17,20,33-34H,18-19H2,1-6H3. The zero-order valence-electron chi connectivity index (χ0n) is 20.9. The minimum absolute atomic E-state index is 0.382.